The van der Waals surface area contributed by atoms with E-state index in [4.69, 9.17) is 4.74 Å². The van der Waals surface area contributed by atoms with E-state index >= 15 is 0 Å². The van der Waals surface area contributed by atoms with E-state index in [9.17, 15) is 4.21 Å². The Hall–Kier alpha value is -0.870. The Morgan fingerprint density at radius 3 is 2.78 bits per heavy atom. The number of hydrogen-bond acceptors (Lipinski definition) is 3. The third-order valence-corrected chi connectivity index (χ3v) is 5.31. The summed E-state index contributed by atoms with van der Waals surface area (Å²) < 4.78 is 18.0. The first-order chi connectivity index (χ1) is 8.74. The van der Waals surface area contributed by atoms with Crippen molar-refractivity contribution in [1.29, 1.82) is 0 Å². The predicted molar refractivity (Wildman–Crippen MR) is 74.5 cm³/mol. The summed E-state index contributed by atoms with van der Waals surface area (Å²) in [5, 5.41) is 3.64. The molecule has 2 rings (SSSR count). The van der Waals surface area contributed by atoms with Gasteiger partial charge < -0.3 is 10.1 Å². The summed E-state index contributed by atoms with van der Waals surface area (Å²) in [5.41, 5.74) is 1.15. The van der Waals surface area contributed by atoms with Crippen LogP contribution in [0.4, 0.5) is 0 Å². The molecule has 1 aromatic carbocycles. The second-order valence-corrected chi connectivity index (χ2v) is 6.15. The summed E-state index contributed by atoms with van der Waals surface area (Å²) in [6.45, 7) is 5.11. The van der Waals surface area contributed by atoms with Crippen LogP contribution in [0.2, 0.25) is 0 Å². The fourth-order valence-electron chi connectivity index (χ4n) is 2.65. The minimum Gasteiger partial charge on any atom is -0.495 e. The highest BCUT2D eigenvalue weighted by Gasteiger charge is 2.39. The molecule has 18 heavy (non-hydrogen) atoms. The molecule has 0 radical (unpaired) electrons. The summed E-state index contributed by atoms with van der Waals surface area (Å²) in [5.74, 6) is 0.757. The van der Waals surface area contributed by atoms with Crippen molar-refractivity contribution < 1.29 is 8.95 Å². The summed E-state index contributed by atoms with van der Waals surface area (Å²) in [7, 11) is 0.675. The van der Waals surface area contributed by atoms with Gasteiger partial charge in [-0.05, 0) is 24.6 Å². The molecule has 3 atom stereocenters. The lowest BCUT2D eigenvalue weighted by molar-refractivity contribution is 0.402. The van der Waals surface area contributed by atoms with E-state index in [1.807, 2.05) is 12.1 Å². The van der Waals surface area contributed by atoms with Gasteiger partial charge in [0.25, 0.3) is 0 Å². The van der Waals surface area contributed by atoms with Gasteiger partial charge in [0.05, 0.1) is 28.1 Å². The van der Waals surface area contributed by atoms with Gasteiger partial charge in [-0.3, -0.25) is 4.21 Å². The van der Waals surface area contributed by atoms with Gasteiger partial charge in [-0.2, -0.15) is 0 Å². The van der Waals surface area contributed by atoms with Crippen LogP contribution in [-0.4, -0.2) is 23.1 Å². The highest BCUT2D eigenvalue weighted by Crippen LogP contribution is 2.42. The molecule has 1 N–H and O–H groups in total. The van der Waals surface area contributed by atoms with Crippen LogP contribution >= 0.6 is 0 Å². The largest absolute Gasteiger partial charge is 0.495 e. The Balaban J connectivity index is 2.45. The minimum absolute atomic E-state index is 0.168. The summed E-state index contributed by atoms with van der Waals surface area (Å²) in [6.07, 6.45) is 2.02. The van der Waals surface area contributed by atoms with E-state index in [0.29, 0.717) is 0 Å². The summed E-state index contributed by atoms with van der Waals surface area (Å²) in [6, 6.07) is 6.14. The Kier molecular flexibility index (Phi) is 4.40. The molecule has 1 heterocycles. The van der Waals surface area contributed by atoms with Gasteiger partial charge in [0.2, 0.25) is 0 Å². The lowest BCUT2D eigenvalue weighted by atomic mass is 10.0. The molecular weight excluding hydrogens is 246 g/mol. The van der Waals surface area contributed by atoms with Crippen LogP contribution in [0.25, 0.3) is 0 Å². The number of ether oxygens (including phenoxy) is 1. The first kappa shape index (κ1) is 13.6. The molecule has 0 saturated carbocycles. The molecule has 1 aliphatic rings. The molecular formula is C14H21NO2S. The van der Waals surface area contributed by atoms with Crippen molar-refractivity contribution in [2.45, 2.75) is 42.9 Å². The molecule has 0 aromatic heterocycles. The van der Waals surface area contributed by atoms with Crippen LogP contribution in [0.5, 0.6) is 5.75 Å². The zero-order chi connectivity index (χ0) is 13.1. The first-order valence-electron chi connectivity index (χ1n) is 6.55. The molecule has 0 spiro atoms. The Morgan fingerprint density at radius 1 is 1.39 bits per heavy atom. The molecule has 1 aliphatic heterocycles. The van der Waals surface area contributed by atoms with Gasteiger partial charge in [0, 0.05) is 6.04 Å². The van der Waals surface area contributed by atoms with Gasteiger partial charge in [-0.15, -0.1) is 0 Å². The second-order valence-electron chi connectivity index (χ2n) is 4.54. The van der Waals surface area contributed by atoms with Gasteiger partial charge in [0.15, 0.2) is 0 Å². The molecule has 3 nitrogen and oxygen atoms in total. The van der Waals surface area contributed by atoms with Crippen LogP contribution in [0.15, 0.2) is 23.1 Å². The first-order valence-corrected chi connectivity index (χ1v) is 7.76. The summed E-state index contributed by atoms with van der Waals surface area (Å²) in [4.78, 5) is 0.893. The number of benzene rings is 1. The molecule has 100 valence electrons. The van der Waals surface area contributed by atoms with E-state index < -0.39 is 10.8 Å². The van der Waals surface area contributed by atoms with Crippen LogP contribution < -0.4 is 10.1 Å². The SMILES string of the molecule is CCCC1C(NCC)c2cccc(OC)c2S1=O. The highest BCUT2D eigenvalue weighted by molar-refractivity contribution is 7.86. The second kappa shape index (κ2) is 5.85. The average molecular weight is 267 g/mol. The van der Waals surface area contributed by atoms with Crippen LogP contribution in [0.1, 0.15) is 38.3 Å². The van der Waals surface area contributed by atoms with Crippen LogP contribution in [0.3, 0.4) is 0 Å². The maximum absolute atomic E-state index is 12.6. The van der Waals surface area contributed by atoms with Crippen molar-refractivity contribution in [3.05, 3.63) is 23.8 Å². The highest BCUT2D eigenvalue weighted by atomic mass is 32.2. The van der Waals surface area contributed by atoms with Crippen molar-refractivity contribution in [3.63, 3.8) is 0 Å². The van der Waals surface area contributed by atoms with E-state index in [-0.39, 0.29) is 11.3 Å². The monoisotopic (exact) mass is 267 g/mol. The van der Waals surface area contributed by atoms with Gasteiger partial charge in [0.1, 0.15) is 5.75 Å². The van der Waals surface area contributed by atoms with Crippen LogP contribution in [-0.2, 0) is 10.8 Å². The number of fused-ring (bicyclic) bond motifs is 1. The van der Waals surface area contributed by atoms with Crippen molar-refractivity contribution in [3.8, 4) is 5.75 Å². The number of hydrogen-bond donors (Lipinski definition) is 1. The normalized spacial score (nSPS) is 26.1. The smallest absolute Gasteiger partial charge is 0.135 e. The number of rotatable bonds is 5. The lowest BCUT2D eigenvalue weighted by Crippen LogP contribution is -2.29. The number of nitrogens with one attached hydrogen (secondary N) is 1. The van der Waals surface area contributed by atoms with E-state index in [0.717, 1.165) is 35.6 Å². The third kappa shape index (κ3) is 2.19. The Labute approximate surface area is 111 Å². The zero-order valence-electron chi connectivity index (χ0n) is 11.2. The van der Waals surface area contributed by atoms with Crippen molar-refractivity contribution in [2.24, 2.45) is 0 Å². The van der Waals surface area contributed by atoms with Gasteiger partial charge in [-0.1, -0.05) is 32.4 Å². The fraction of sp³-hybridized carbons (Fsp3) is 0.571. The maximum Gasteiger partial charge on any atom is 0.135 e. The molecule has 3 unspecified atom stereocenters. The van der Waals surface area contributed by atoms with Crippen molar-refractivity contribution >= 4 is 10.8 Å². The molecule has 0 amide bonds. The van der Waals surface area contributed by atoms with E-state index in [2.05, 4.69) is 25.2 Å². The molecule has 4 heteroatoms. The van der Waals surface area contributed by atoms with Crippen LogP contribution in [0, 0.1) is 0 Å². The topological polar surface area (TPSA) is 38.3 Å². The zero-order valence-corrected chi connectivity index (χ0v) is 12.0. The Bertz CT molecular complexity index is 447. The average Bonchev–Trinajstić information content (AvgIpc) is 2.65. The molecule has 0 aliphatic carbocycles. The fourth-order valence-corrected chi connectivity index (χ4v) is 4.67. The molecule has 0 fully saturated rings. The standard InChI is InChI=1S/C14H21NO2S/c1-4-7-12-13(15-5-2)10-8-6-9-11(17-3)14(10)18(12)16/h6,8-9,12-13,15H,4-5,7H2,1-3H3. The number of methoxy groups -OCH3 is 1. The predicted octanol–water partition coefficient (Wildman–Crippen LogP) is 2.64. The third-order valence-electron chi connectivity index (χ3n) is 3.41. The molecule has 0 bridgehead atoms. The molecule has 1 aromatic rings. The summed E-state index contributed by atoms with van der Waals surface area (Å²) >= 11 is 0. The minimum atomic E-state index is -0.966. The quantitative estimate of drug-likeness (QED) is 0.891. The van der Waals surface area contributed by atoms with Gasteiger partial charge >= 0.3 is 0 Å². The molecule has 0 saturated heterocycles. The maximum atomic E-state index is 12.6. The van der Waals surface area contributed by atoms with Crippen molar-refractivity contribution in [2.75, 3.05) is 13.7 Å². The Morgan fingerprint density at radius 2 is 2.17 bits per heavy atom. The van der Waals surface area contributed by atoms with Gasteiger partial charge in [-0.25, -0.2) is 0 Å². The van der Waals surface area contributed by atoms with E-state index in [1.54, 1.807) is 7.11 Å². The van der Waals surface area contributed by atoms with Crippen molar-refractivity contribution in [1.82, 2.24) is 5.32 Å². The van der Waals surface area contributed by atoms with E-state index in [1.165, 1.54) is 0 Å². The lowest BCUT2D eigenvalue weighted by Gasteiger charge is -2.19.